The Morgan fingerprint density at radius 2 is 1.38 bits per heavy atom. The molecule has 0 saturated heterocycles. The molecule has 0 aliphatic rings. The van der Waals surface area contributed by atoms with Gasteiger partial charge in [0, 0.05) is 0 Å². The summed E-state index contributed by atoms with van der Waals surface area (Å²) in [5, 5.41) is 10.00. The van der Waals surface area contributed by atoms with Crippen molar-refractivity contribution in [1.82, 2.24) is 0 Å². The summed E-state index contributed by atoms with van der Waals surface area (Å²) in [5.74, 6) is 0. The van der Waals surface area contributed by atoms with E-state index >= 15 is 0 Å². The maximum absolute atomic E-state index is 13.2. The first-order valence-corrected chi connectivity index (χ1v) is 10.9. The molecule has 0 saturated carbocycles. The van der Waals surface area contributed by atoms with Crippen LogP contribution in [0.1, 0.15) is 58.2 Å². The number of nitrogens with one attached hydrogen (secondary N) is 1. The van der Waals surface area contributed by atoms with E-state index in [9.17, 15) is 18.3 Å². The molecule has 0 radical (unpaired) electrons. The number of nitrogens with zero attached hydrogens (tertiary/aromatic N) is 1. The van der Waals surface area contributed by atoms with Gasteiger partial charge in [0.1, 0.15) is 0 Å². The van der Waals surface area contributed by atoms with E-state index in [2.05, 4.69) is 4.72 Å². The molecule has 2 aromatic rings. The van der Waals surface area contributed by atoms with Crippen LogP contribution in [0, 0.1) is 6.92 Å². The van der Waals surface area contributed by atoms with Crippen molar-refractivity contribution in [1.29, 1.82) is 0 Å². The molecule has 29 heavy (non-hydrogen) atoms. The summed E-state index contributed by atoms with van der Waals surface area (Å²) in [4.78, 5) is 12.3. The van der Waals surface area contributed by atoms with Gasteiger partial charge in [-0.25, -0.2) is 4.79 Å². The second-order valence-electron chi connectivity index (χ2n) is 9.23. The number of hydrogen-bond acceptors (Lipinski definition) is 3. The molecule has 0 aliphatic heterocycles. The van der Waals surface area contributed by atoms with Crippen molar-refractivity contribution in [3.8, 4) is 0 Å². The van der Waals surface area contributed by atoms with Crippen molar-refractivity contribution >= 4 is 27.7 Å². The molecule has 158 valence electrons. The van der Waals surface area contributed by atoms with Crippen LogP contribution in [0.5, 0.6) is 0 Å². The molecule has 0 spiro atoms. The lowest BCUT2D eigenvalue weighted by Crippen LogP contribution is -2.42. The number of anilines is 2. The van der Waals surface area contributed by atoms with E-state index in [1.54, 1.807) is 30.3 Å². The maximum Gasteiger partial charge on any atom is 0.427 e. The lowest BCUT2D eigenvalue weighted by atomic mass is 9.77. The van der Waals surface area contributed by atoms with Crippen LogP contribution in [0.2, 0.25) is 0 Å². The van der Waals surface area contributed by atoms with Gasteiger partial charge in [0.15, 0.2) is 0 Å². The van der Waals surface area contributed by atoms with Gasteiger partial charge in [-0.05, 0) is 41.0 Å². The highest BCUT2D eigenvalue weighted by atomic mass is 32.2. The van der Waals surface area contributed by atoms with Crippen molar-refractivity contribution in [3.63, 3.8) is 0 Å². The van der Waals surface area contributed by atoms with Crippen LogP contribution >= 0.6 is 0 Å². The molecular formula is C22H30N2O4S. The molecule has 2 rings (SSSR count). The zero-order chi connectivity index (χ0) is 22.2. The molecule has 2 aromatic carbocycles. The molecule has 0 bridgehead atoms. The summed E-state index contributed by atoms with van der Waals surface area (Å²) in [7, 11) is -4.42. The minimum atomic E-state index is -4.42. The Kier molecular flexibility index (Phi) is 6.04. The van der Waals surface area contributed by atoms with E-state index < -0.39 is 27.1 Å². The van der Waals surface area contributed by atoms with Crippen LogP contribution < -0.4 is 9.03 Å². The molecule has 0 aliphatic carbocycles. The minimum absolute atomic E-state index is 0.187. The number of carbonyl (C=O) groups is 1. The van der Waals surface area contributed by atoms with Gasteiger partial charge in [0.2, 0.25) is 0 Å². The predicted molar refractivity (Wildman–Crippen MR) is 118 cm³/mol. The van der Waals surface area contributed by atoms with E-state index in [1.807, 2.05) is 60.6 Å². The Balaban J connectivity index is 2.84. The fourth-order valence-electron chi connectivity index (χ4n) is 3.16. The van der Waals surface area contributed by atoms with Gasteiger partial charge in [-0.2, -0.15) is 12.7 Å². The molecule has 0 aromatic heterocycles. The summed E-state index contributed by atoms with van der Waals surface area (Å²) >= 11 is 0. The number of benzene rings is 2. The highest BCUT2D eigenvalue weighted by molar-refractivity contribution is 7.94. The summed E-state index contributed by atoms with van der Waals surface area (Å²) in [6, 6.07) is 12.0. The van der Waals surface area contributed by atoms with Gasteiger partial charge >= 0.3 is 16.3 Å². The molecule has 7 heteroatoms. The summed E-state index contributed by atoms with van der Waals surface area (Å²) in [5.41, 5.74) is 1.79. The van der Waals surface area contributed by atoms with Gasteiger partial charge in [0.25, 0.3) is 0 Å². The van der Waals surface area contributed by atoms with E-state index in [-0.39, 0.29) is 5.69 Å². The van der Waals surface area contributed by atoms with Crippen LogP contribution in [-0.2, 0) is 21.0 Å². The summed E-state index contributed by atoms with van der Waals surface area (Å²) < 4.78 is 29.3. The standard InChI is InChI=1S/C22H30N2O4S/c1-15-13-17(21(2,3)4)19(18(14-15)22(5,6)7)24(20(25)26)29(27,28)23-16-11-9-8-10-12-16/h8-14,23H,1-7H3,(H,25,26). The number of hydrogen-bond donors (Lipinski definition) is 2. The van der Waals surface area contributed by atoms with Crippen molar-refractivity contribution in [2.24, 2.45) is 0 Å². The molecule has 6 nitrogen and oxygen atoms in total. The Hall–Kier alpha value is -2.54. The van der Waals surface area contributed by atoms with Crippen molar-refractivity contribution in [3.05, 3.63) is 59.2 Å². The summed E-state index contributed by atoms with van der Waals surface area (Å²) in [6.45, 7) is 13.6. The third-order valence-electron chi connectivity index (χ3n) is 4.51. The van der Waals surface area contributed by atoms with Gasteiger partial charge in [-0.3, -0.25) is 4.72 Å². The molecule has 0 heterocycles. The first-order valence-electron chi connectivity index (χ1n) is 9.41. The van der Waals surface area contributed by atoms with Gasteiger partial charge < -0.3 is 5.11 Å². The Bertz CT molecular complexity index is 966. The molecule has 1 amide bonds. The lowest BCUT2D eigenvalue weighted by Gasteiger charge is -2.34. The van der Waals surface area contributed by atoms with Gasteiger partial charge in [0.05, 0.1) is 11.4 Å². The smallest absolute Gasteiger partial charge is 0.427 e. The number of aryl methyl sites for hydroxylation is 1. The fourth-order valence-corrected chi connectivity index (χ4v) is 4.33. The van der Waals surface area contributed by atoms with E-state index in [1.165, 1.54) is 0 Å². The van der Waals surface area contributed by atoms with Crippen LogP contribution in [0.3, 0.4) is 0 Å². The molecular weight excluding hydrogens is 388 g/mol. The second kappa shape index (κ2) is 7.71. The quantitative estimate of drug-likeness (QED) is 0.693. The third-order valence-corrected chi connectivity index (χ3v) is 5.82. The number of carboxylic acid groups (broad SMARTS) is 1. The monoisotopic (exact) mass is 418 g/mol. The topological polar surface area (TPSA) is 86.7 Å². The largest absolute Gasteiger partial charge is 0.464 e. The van der Waals surface area contributed by atoms with E-state index in [0.29, 0.717) is 21.1 Å². The number of para-hydroxylation sites is 1. The Morgan fingerprint density at radius 1 is 0.931 bits per heavy atom. The Labute approximate surface area is 173 Å². The van der Waals surface area contributed by atoms with Crippen molar-refractivity contribution < 1.29 is 18.3 Å². The zero-order valence-electron chi connectivity index (χ0n) is 18.1. The third kappa shape index (κ3) is 5.09. The normalized spacial score (nSPS) is 12.5. The maximum atomic E-state index is 13.2. The van der Waals surface area contributed by atoms with Crippen LogP contribution in [0.15, 0.2) is 42.5 Å². The molecule has 0 fully saturated rings. The highest BCUT2D eigenvalue weighted by Gasteiger charge is 2.38. The predicted octanol–water partition coefficient (Wildman–Crippen LogP) is 5.43. The van der Waals surface area contributed by atoms with Crippen molar-refractivity contribution in [2.45, 2.75) is 59.3 Å². The lowest BCUT2D eigenvalue weighted by molar-refractivity contribution is 0.206. The number of amides is 1. The summed E-state index contributed by atoms with van der Waals surface area (Å²) in [6.07, 6.45) is -1.56. The van der Waals surface area contributed by atoms with Crippen LogP contribution in [-0.4, -0.2) is 19.6 Å². The average molecular weight is 419 g/mol. The molecule has 0 unspecified atom stereocenters. The average Bonchev–Trinajstić information content (AvgIpc) is 2.54. The van der Waals surface area contributed by atoms with Crippen LogP contribution in [0.25, 0.3) is 0 Å². The van der Waals surface area contributed by atoms with E-state index in [0.717, 1.165) is 5.56 Å². The fraction of sp³-hybridized carbons (Fsp3) is 0.409. The molecule has 0 atom stereocenters. The van der Waals surface area contributed by atoms with Crippen LogP contribution in [0.4, 0.5) is 16.2 Å². The zero-order valence-corrected chi connectivity index (χ0v) is 18.9. The minimum Gasteiger partial charge on any atom is -0.464 e. The SMILES string of the molecule is Cc1cc(C(C)(C)C)c(N(C(=O)O)S(=O)(=O)Nc2ccccc2)c(C(C)(C)C)c1. The first kappa shape index (κ1) is 22.7. The van der Waals surface area contributed by atoms with Crippen molar-refractivity contribution in [2.75, 3.05) is 9.03 Å². The first-order chi connectivity index (χ1) is 13.1. The van der Waals surface area contributed by atoms with Gasteiger partial charge in [-0.15, -0.1) is 0 Å². The molecule has 2 N–H and O–H groups in total. The Morgan fingerprint density at radius 3 is 1.76 bits per heavy atom. The van der Waals surface area contributed by atoms with Gasteiger partial charge in [-0.1, -0.05) is 77.4 Å². The number of rotatable bonds is 4. The highest BCUT2D eigenvalue weighted by Crippen LogP contribution is 2.42. The van der Waals surface area contributed by atoms with E-state index in [4.69, 9.17) is 0 Å². The second-order valence-corrected chi connectivity index (χ2v) is 10.7.